The zero-order valence-corrected chi connectivity index (χ0v) is 11.5. The molecule has 1 fully saturated rings. The highest BCUT2D eigenvalue weighted by Crippen LogP contribution is 2.36. The number of Topliss-reactive ketones (excluding diaryl/α,β-unsaturated/α-hetero) is 2. The molecule has 1 aromatic heterocycles. The number of aromatic nitrogens is 2. The number of ether oxygens (including phenoxy) is 1. The van der Waals surface area contributed by atoms with E-state index in [4.69, 9.17) is 4.74 Å². The molecule has 2 rings (SSSR count). The summed E-state index contributed by atoms with van der Waals surface area (Å²) in [4.78, 5) is 32.5. The predicted molar refractivity (Wildman–Crippen MR) is 69.0 cm³/mol. The van der Waals surface area contributed by atoms with Gasteiger partial charge in [0.1, 0.15) is 17.8 Å². The highest BCUT2D eigenvalue weighted by Gasteiger charge is 2.41. The Morgan fingerprint density at radius 1 is 1.42 bits per heavy atom. The fourth-order valence-electron chi connectivity index (χ4n) is 2.49. The van der Waals surface area contributed by atoms with Crippen LogP contribution in [0.25, 0.3) is 0 Å². The molecule has 5 nitrogen and oxygen atoms in total. The van der Waals surface area contributed by atoms with Gasteiger partial charge in [0.15, 0.2) is 5.78 Å². The average molecular weight is 262 g/mol. The van der Waals surface area contributed by atoms with Crippen molar-refractivity contribution in [3.8, 4) is 5.88 Å². The minimum atomic E-state index is -0.580. The number of hydrogen-bond acceptors (Lipinski definition) is 5. The van der Waals surface area contributed by atoms with Crippen molar-refractivity contribution in [2.45, 2.75) is 33.1 Å². The predicted octanol–water partition coefficient (Wildman–Crippen LogP) is 2.06. The first kappa shape index (κ1) is 13.6. The number of carbonyl (C=O) groups excluding carboxylic acids is 2. The van der Waals surface area contributed by atoms with Crippen molar-refractivity contribution >= 4 is 11.6 Å². The van der Waals surface area contributed by atoms with Crippen molar-refractivity contribution in [3.05, 3.63) is 18.1 Å². The molecule has 0 amide bonds. The van der Waals surface area contributed by atoms with E-state index in [1.165, 1.54) is 19.5 Å². The minimum Gasteiger partial charge on any atom is -0.481 e. The molecule has 1 heterocycles. The van der Waals surface area contributed by atoms with Crippen molar-refractivity contribution in [2.24, 2.45) is 11.3 Å². The van der Waals surface area contributed by atoms with Crippen LogP contribution in [-0.2, 0) is 4.79 Å². The smallest absolute Gasteiger partial charge is 0.216 e. The third-order valence-corrected chi connectivity index (χ3v) is 3.70. The molecule has 5 heteroatoms. The van der Waals surface area contributed by atoms with Gasteiger partial charge < -0.3 is 4.74 Å². The maximum atomic E-state index is 12.4. The fourth-order valence-corrected chi connectivity index (χ4v) is 2.49. The van der Waals surface area contributed by atoms with Gasteiger partial charge >= 0.3 is 0 Å². The first-order valence-corrected chi connectivity index (χ1v) is 6.40. The van der Waals surface area contributed by atoms with E-state index in [9.17, 15) is 9.59 Å². The number of hydrogen-bond donors (Lipinski definition) is 0. The maximum Gasteiger partial charge on any atom is 0.216 e. The molecule has 1 saturated carbocycles. The van der Waals surface area contributed by atoms with Gasteiger partial charge in [-0.3, -0.25) is 9.59 Å². The standard InChI is InChI=1S/C14H18N2O3/c1-14(2)6-4-5-9(13(14)18)12(17)10-7-11(19-3)16-8-15-10/h7-9H,4-6H2,1-3H3. The van der Waals surface area contributed by atoms with Crippen LogP contribution in [0.1, 0.15) is 43.6 Å². The van der Waals surface area contributed by atoms with E-state index in [0.717, 1.165) is 12.8 Å². The van der Waals surface area contributed by atoms with Gasteiger partial charge in [0, 0.05) is 11.5 Å². The number of carbonyl (C=O) groups is 2. The Balaban J connectivity index is 2.26. The Morgan fingerprint density at radius 3 is 2.84 bits per heavy atom. The summed E-state index contributed by atoms with van der Waals surface area (Å²) in [6, 6.07) is 1.48. The zero-order valence-electron chi connectivity index (χ0n) is 11.5. The van der Waals surface area contributed by atoms with Crippen molar-refractivity contribution in [2.75, 3.05) is 7.11 Å². The van der Waals surface area contributed by atoms with E-state index >= 15 is 0 Å². The van der Waals surface area contributed by atoms with Crippen LogP contribution in [-0.4, -0.2) is 28.6 Å². The van der Waals surface area contributed by atoms with Crippen LogP contribution in [0.3, 0.4) is 0 Å². The highest BCUT2D eigenvalue weighted by molar-refractivity contribution is 6.11. The molecule has 1 aromatic rings. The van der Waals surface area contributed by atoms with E-state index in [0.29, 0.717) is 12.3 Å². The quantitative estimate of drug-likeness (QED) is 0.616. The van der Waals surface area contributed by atoms with E-state index in [1.807, 2.05) is 13.8 Å². The number of ketones is 2. The summed E-state index contributed by atoms with van der Waals surface area (Å²) >= 11 is 0. The molecule has 0 aromatic carbocycles. The summed E-state index contributed by atoms with van der Waals surface area (Å²) in [5.74, 6) is -0.455. The molecular formula is C14H18N2O3. The Bertz CT molecular complexity index is 511. The number of nitrogens with zero attached hydrogens (tertiary/aromatic N) is 2. The third kappa shape index (κ3) is 2.64. The molecule has 0 aliphatic heterocycles. The van der Waals surface area contributed by atoms with Gasteiger partial charge in [-0.15, -0.1) is 0 Å². The topological polar surface area (TPSA) is 69.2 Å². The van der Waals surface area contributed by atoms with Gasteiger partial charge in [0.2, 0.25) is 5.88 Å². The molecule has 19 heavy (non-hydrogen) atoms. The van der Waals surface area contributed by atoms with Gasteiger partial charge in [-0.1, -0.05) is 20.3 Å². The lowest BCUT2D eigenvalue weighted by Gasteiger charge is -2.32. The van der Waals surface area contributed by atoms with Gasteiger partial charge in [0.25, 0.3) is 0 Å². The van der Waals surface area contributed by atoms with Crippen molar-refractivity contribution in [1.82, 2.24) is 9.97 Å². The Hall–Kier alpha value is -1.78. The van der Waals surface area contributed by atoms with E-state index in [1.54, 1.807) is 0 Å². The molecule has 0 bridgehead atoms. The molecule has 1 aliphatic rings. The fraction of sp³-hybridized carbons (Fsp3) is 0.571. The second-order valence-electron chi connectivity index (χ2n) is 5.50. The SMILES string of the molecule is COc1cc(C(=O)C2CCCC(C)(C)C2=O)ncn1. The Labute approximate surface area is 112 Å². The van der Waals surface area contributed by atoms with Crippen molar-refractivity contribution < 1.29 is 14.3 Å². The van der Waals surface area contributed by atoms with Crippen LogP contribution >= 0.6 is 0 Å². The summed E-state index contributed by atoms with van der Waals surface area (Å²) in [6.45, 7) is 3.80. The lowest BCUT2D eigenvalue weighted by Crippen LogP contribution is -2.39. The Kier molecular flexibility index (Phi) is 3.64. The van der Waals surface area contributed by atoms with Crippen molar-refractivity contribution in [3.63, 3.8) is 0 Å². The van der Waals surface area contributed by atoms with Crippen LogP contribution < -0.4 is 4.74 Å². The lowest BCUT2D eigenvalue weighted by atomic mass is 9.69. The van der Waals surface area contributed by atoms with Crippen LogP contribution in [0.5, 0.6) is 5.88 Å². The summed E-state index contributed by atoms with van der Waals surface area (Å²) in [6.07, 6.45) is 3.61. The van der Waals surface area contributed by atoms with Crippen LogP contribution in [0.2, 0.25) is 0 Å². The van der Waals surface area contributed by atoms with Gasteiger partial charge in [-0.25, -0.2) is 9.97 Å². The molecule has 0 spiro atoms. The summed E-state index contributed by atoms with van der Waals surface area (Å²) in [7, 11) is 1.48. The van der Waals surface area contributed by atoms with Crippen LogP contribution in [0, 0.1) is 11.3 Å². The first-order chi connectivity index (χ1) is 8.95. The van der Waals surface area contributed by atoms with Gasteiger partial charge in [-0.05, 0) is 12.8 Å². The summed E-state index contributed by atoms with van der Waals surface area (Å²) in [5.41, 5.74) is -0.168. The average Bonchev–Trinajstić information content (AvgIpc) is 2.41. The first-order valence-electron chi connectivity index (χ1n) is 6.40. The monoisotopic (exact) mass is 262 g/mol. The van der Waals surface area contributed by atoms with Crippen LogP contribution in [0.4, 0.5) is 0 Å². The molecule has 0 saturated heterocycles. The van der Waals surface area contributed by atoms with E-state index in [2.05, 4.69) is 9.97 Å². The number of methoxy groups -OCH3 is 1. The van der Waals surface area contributed by atoms with Crippen molar-refractivity contribution in [1.29, 1.82) is 0 Å². The zero-order chi connectivity index (χ0) is 14.0. The van der Waals surface area contributed by atoms with E-state index in [-0.39, 0.29) is 17.3 Å². The molecule has 0 radical (unpaired) electrons. The van der Waals surface area contributed by atoms with Gasteiger partial charge in [-0.2, -0.15) is 0 Å². The molecule has 1 aliphatic carbocycles. The third-order valence-electron chi connectivity index (χ3n) is 3.70. The second kappa shape index (κ2) is 5.07. The maximum absolute atomic E-state index is 12.4. The molecule has 102 valence electrons. The van der Waals surface area contributed by atoms with E-state index < -0.39 is 11.3 Å². The molecule has 1 atom stereocenters. The highest BCUT2D eigenvalue weighted by atomic mass is 16.5. The minimum absolute atomic E-state index is 0.0151. The molecule has 0 N–H and O–H groups in total. The summed E-state index contributed by atoms with van der Waals surface area (Å²) < 4.78 is 4.97. The summed E-state index contributed by atoms with van der Waals surface area (Å²) in [5, 5.41) is 0. The normalized spacial score (nSPS) is 22.1. The second-order valence-corrected chi connectivity index (χ2v) is 5.50. The Morgan fingerprint density at radius 2 is 2.16 bits per heavy atom. The molecular weight excluding hydrogens is 244 g/mol. The molecule has 1 unspecified atom stereocenters. The largest absolute Gasteiger partial charge is 0.481 e. The lowest BCUT2D eigenvalue weighted by molar-refractivity contribution is -0.132. The van der Waals surface area contributed by atoms with Gasteiger partial charge in [0.05, 0.1) is 13.0 Å². The number of rotatable bonds is 3. The van der Waals surface area contributed by atoms with Crippen LogP contribution in [0.15, 0.2) is 12.4 Å².